The molecule has 5 heteroatoms. The van der Waals surface area contributed by atoms with Crippen molar-refractivity contribution in [3.05, 3.63) is 51.5 Å². The Labute approximate surface area is 122 Å². The number of rotatable bonds is 5. The van der Waals surface area contributed by atoms with E-state index < -0.39 is 0 Å². The number of nitrogens with zero attached hydrogens (tertiary/aromatic N) is 1. The van der Waals surface area contributed by atoms with Crippen LogP contribution in [0.25, 0.3) is 0 Å². The molecule has 0 aliphatic carbocycles. The molecule has 0 saturated heterocycles. The lowest BCUT2D eigenvalue weighted by atomic mass is 10.1. The summed E-state index contributed by atoms with van der Waals surface area (Å²) in [6.07, 6.45) is 0.687. The first-order chi connectivity index (χ1) is 9.67. The number of aryl methyl sites for hydroxylation is 1. The number of hydrogen-bond acceptors (Lipinski definition) is 5. The number of aromatic nitrogens is 1. The van der Waals surface area contributed by atoms with Crippen LogP contribution in [0, 0.1) is 0 Å². The van der Waals surface area contributed by atoms with Gasteiger partial charge in [0, 0.05) is 0 Å². The summed E-state index contributed by atoms with van der Waals surface area (Å²) in [4.78, 5) is 17.0. The van der Waals surface area contributed by atoms with E-state index >= 15 is 0 Å². The molecule has 106 valence electrons. The van der Waals surface area contributed by atoms with Crippen LogP contribution in [0.15, 0.2) is 30.3 Å². The first-order valence-electron chi connectivity index (χ1n) is 6.64. The van der Waals surface area contributed by atoms with Crippen LogP contribution in [0.4, 0.5) is 0 Å². The zero-order chi connectivity index (χ0) is 14.5. The van der Waals surface area contributed by atoms with Crippen molar-refractivity contribution in [3.8, 4) is 0 Å². The summed E-state index contributed by atoms with van der Waals surface area (Å²) in [6, 6.07) is 9.43. The highest BCUT2D eigenvalue weighted by Crippen LogP contribution is 2.27. The number of hydrogen-bond donors (Lipinski definition) is 1. The van der Waals surface area contributed by atoms with Crippen molar-refractivity contribution in [1.82, 2.24) is 4.98 Å². The molecule has 0 bridgehead atoms. The summed E-state index contributed by atoms with van der Waals surface area (Å²) in [5, 5.41) is 0.746. The molecule has 4 nitrogen and oxygen atoms in total. The maximum absolute atomic E-state index is 11.9. The zero-order valence-corrected chi connectivity index (χ0v) is 12.4. The molecule has 1 unspecified atom stereocenters. The summed E-state index contributed by atoms with van der Waals surface area (Å²) in [7, 11) is 0. The zero-order valence-electron chi connectivity index (χ0n) is 11.6. The number of thiazole rings is 1. The van der Waals surface area contributed by atoms with Crippen molar-refractivity contribution >= 4 is 17.3 Å². The lowest BCUT2D eigenvalue weighted by Gasteiger charge is -2.07. The molecule has 0 saturated carbocycles. The van der Waals surface area contributed by atoms with E-state index in [-0.39, 0.29) is 12.0 Å². The topological polar surface area (TPSA) is 65.2 Å². The van der Waals surface area contributed by atoms with Gasteiger partial charge in [-0.1, -0.05) is 37.3 Å². The first kappa shape index (κ1) is 14.7. The maximum Gasteiger partial charge on any atom is 0.350 e. The number of carbonyl (C=O) groups excluding carboxylic acids is 1. The van der Waals surface area contributed by atoms with Gasteiger partial charge in [0.25, 0.3) is 0 Å². The third kappa shape index (κ3) is 3.05. The van der Waals surface area contributed by atoms with E-state index in [0.717, 1.165) is 16.3 Å². The monoisotopic (exact) mass is 290 g/mol. The molecule has 0 aliphatic heterocycles. The Morgan fingerprint density at radius 1 is 1.35 bits per heavy atom. The van der Waals surface area contributed by atoms with Gasteiger partial charge in [-0.3, -0.25) is 0 Å². The molecule has 20 heavy (non-hydrogen) atoms. The second-order valence-electron chi connectivity index (χ2n) is 4.29. The van der Waals surface area contributed by atoms with Gasteiger partial charge in [0.2, 0.25) is 0 Å². The summed E-state index contributed by atoms with van der Waals surface area (Å²) in [6.45, 7) is 4.12. The standard InChI is InChI=1S/C15H18N2O2S/c1-3-11-13(15(18)19-4-2)20-14(17-11)12(16)10-8-6-5-7-9-10/h5-9,12H,3-4,16H2,1-2H3. The van der Waals surface area contributed by atoms with E-state index in [9.17, 15) is 4.79 Å². The Hall–Kier alpha value is -1.72. The average Bonchev–Trinajstić information content (AvgIpc) is 2.92. The first-order valence-corrected chi connectivity index (χ1v) is 7.46. The van der Waals surface area contributed by atoms with E-state index in [1.165, 1.54) is 11.3 Å². The minimum absolute atomic E-state index is 0.310. The predicted octanol–water partition coefficient (Wildman–Crippen LogP) is 2.93. The molecule has 1 atom stereocenters. The van der Waals surface area contributed by atoms with E-state index in [2.05, 4.69) is 4.98 Å². The Morgan fingerprint density at radius 3 is 2.65 bits per heavy atom. The minimum Gasteiger partial charge on any atom is -0.462 e. The highest BCUT2D eigenvalue weighted by atomic mass is 32.1. The van der Waals surface area contributed by atoms with Crippen molar-refractivity contribution in [1.29, 1.82) is 0 Å². The van der Waals surface area contributed by atoms with Crippen LogP contribution in [0.3, 0.4) is 0 Å². The fourth-order valence-electron chi connectivity index (χ4n) is 1.90. The Morgan fingerprint density at radius 2 is 2.05 bits per heavy atom. The fraction of sp³-hybridized carbons (Fsp3) is 0.333. The van der Waals surface area contributed by atoms with Gasteiger partial charge in [-0.25, -0.2) is 9.78 Å². The molecule has 2 rings (SSSR count). The molecule has 0 fully saturated rings. The highest BCUT2D eigenvalue weighted by molar-refractivity contribution is 7.13. The maximum atomic E-state index is 11.9. The van der Waals surface area contributed by atoms with Crippen LogP contribution in [0.2, 0.25) is 0 Å². The third-order valence-electron chi connectivity index (χ3n) is 2.93. The molecule has 1 heterocycles. The molecule has 0 amide bonds. The molecule has 0 aliphatic rings. The van der Waals surface area contributed by atoms with Gasteiger partial charge in [0.1, 0.15) is 9.88 Å². The van der Waals surface area contributed by atoms with Crippen molar-refractivity contribution in [3.63, 3.8) is 0 Å². The number of esters is 1. The number of nitrogens with two attached hydrogens (primary N) is 1. The highest BCUT2D eigenvalue weighted by Gasteiger charge is 2.21. The second kappa shape index (κ2) is 6.63. The number of ether oxygens (including phenoxy) is 1. The molecule has 1 aromatic carbocycles. The van der Waals surface area contributed by atoms with Gasteiger partial charge in [0.05, 0.1) is 18.3 Å². The molecular weight excluding hydrogens is 272 g/mol. The average molecular weight is 290 g/mol. The largest absolute Gasteiger partial charge is 0.462 e. The SMILES string of the molecule is CCOC(=O)c1sc(C(N)c2ccccc2)nc1CC. The van der Waals surface area contributed by atoms with Crippen LogP contribution in [0.5, 0.6) is 0 Å². The van der Waals surface area contributed by atoms with E-state index in [0.29, 0.717) is 17.9 Å². The van der Waals surface area contributed by atoms with Crippen molar-refractivity contribution in [2.75, 3.05) is 6.61 Å². The molecule has 0 radical (unpaired) electrons. The molecule has 1 aromatic heterocycles. The van der Waals surface area contributed by atoms with E-state index in [1.54, 1.807) is 6.92 Å². The smallest absolute Gasteiger partial charge is 0.350 e. The van der Waals surface area contributed by atoms with Crippen LogP contribution >= 0.6 is 11.3 Å². The minimum atomic E-state index is -0.312. The molecule has 2 aromatic rings. The van der Waals surface area contributed by atoms with Crippen molar-refractivity contribution in [2.45, 2.75) is 26.3 Å². The predicted molar refractivity (Wildman–Crippen MR) is 79.9 cm³/mol. The molecule has 2 N–H and O–H groups in total. The van der Waals surface area contributed by atoms with Crippen LogP contribution in [-0.4, -0.2) is 17.6 Å². The van der Waals surface area contributed by atoms with Gasteiger partial charge in [-0.15, -0.1) is 11.3 Å². The fourth-order valence-corrected chi connectivity index (χ4v) is 2.98. The van der Waals surface area contributed by atoms with E-state index in [4.69, 9.17) is 10.5 Å². The summed E-state index contributed by atoms with van der Waals surface area (Å²) < 4.78 is 5.06. The normalized spacial score (nSPS) is 12.2. The van der Waals surface area contributed by atoms with Gasteiger partial charge >= 0.3 is 5.97 Å². The van der Waals surface area contributed by atoms with Gasteiger partial charge < -0.3 is 10.5 Å². The quantitative estimate of drug-likeness (QED) is 0.860. The lowest BCUT2D eigenvalue weighted by Crippen LogP contribution is -2.11. The number of benzene rings is 1. The van der Waals surface area contributed by atoms with E-state index in [1.807, 2.05) is 37.3 Å². The molecule has 0 spiro atoms. The summed E-state index contributed by atoms with van der Waals surface area (Å²) in [5.41, 5.74) is 7.97. The van der Waals surface area contributed by atoms with Gasteiger partial charge in [-0.05, 0) is 18.9 Å². The Kier molecular flexibility index (Phi) is 4.87. The van der Waals surface area contributed by atoms with Crippen LogP contribution in [-0.2, 0) is 11.2 Å². The second-order valence-corrected chi connectivity index (χ2v) is 5.32. The van der Waals surface area contributed by atoms with Gasteiger partial charge in [-0.2, -0.15) is 0 Å². The van der Waals surface area contributed by atoms with Crippen LogP contribution in [0.1, 0.15) is 45.8 Å². The van der Waals surface area contributed by atoms with Gasteiger partial charge in [0.15, 0.2) is 0 Å². The van der Waals surface area contributed by atoms with Crippen molar-refractivity contribution < 1.29 is 9.53 Å². The third-order valence-corrected chi connectivity index (χ3v) is 4.10. The Balaban J connectivity index is 2.32. The lowest BCUT2D eigenvalue weighted by molar-refractivity contribution is 0.0530. The van der Waals surface area contributed by atoms with Crippen molar-refractivity contribution in [2.24, 2.45) is 5.73 Å². The summed E-state index contributed by atoms with van der Waals surface area (Å²) >= 11 is 1.32. The molecular formula is C15H18N2O2S. The Bertz CT molecular complexity index is 581. The number of carbonyl (C=O) groups is 1. The van der Waals surface area contributed by atoms with Crippen LogP contribution < -0.4 is 5.73 Å². The summed E-state index contributed by atoms with van der Waals surface area (Å²) in [5.74, 6) is -0.312.